The molecule has 0 aliphatic rings. The van der Waals surface area contributed by atoms with Gasteiger partial charge >= 0.3 is 0 Å². The summed E-state index contributed by atoms with van der Waals surface area (Å²) in [6.45, 7) is 0. The summed E-state index contributed by atoms with van der Waals surface area (Å²) in [6.07, 6.45) is 4.35. The number of hydrogen-bond donors (Lipinski definition) is 1. The van der Waals surface area contributed by atoms with Crippen LogP contribution >= 0.6 is 0 Å². The summed E-state index contributed by atoms with van der Waals surface area (Å²) in [5.74, 6) is -1.59. The number of nitrogen functional groups attached to an aromatic ring is 1. The smallest absolute Gasteiger partial charge is 0.149 e. The maximum absolute atomic E-state index is 13.1. The van der Waals surface area contributed by atoms with Crippen molar-refractivity contribution in [1.29, 1.82) is 0 Å². The standard InChI is InChI=1S/C10H7F2N3/c11-7-3-6(4-8(12)10(7)13)9-5-14-1-2-15-9/h1-5H,13H2. The van der Waals surface area contributed by atoms with E-state index in [1.54, 1.807) is 0 Å². The summed E-state index contributed by atoms with van der Waals surface area (Å²) in [7, 11) is 0. The number of nitrogens with two attached hydrogens (primary N) is 1. The first-order valence-electron chi connectivity index (χ1n) is 4.19. The molecule has 76 valence electrons. The number of hydrogen-bond acceptors (Lipinski definition) is 3. The predicted octanol–water partition coefficient (Wildman–Crippen LogP) is 2.00. The van der Waals surface area contributed by atoms with E-state index in [-0.39, 0.29) is 0 Å². The van der Waals surface area contributed by atoms with Crippen LogP contribution in [0.1, 0.15) is 0 Å². The molecule has 0 saturated heterocycles. The highest BCUT2D eigenvalue weighted by atomic mass is 19.1. The van der Waals surface area contributed by atoms with Crippen molar-refractivity contribution in [3.8, 4) is 11.3 Å². The van der Waals surface area contributed by atoms with E-state index in [4.69, 9.17) is 5.73 Å². The van der Waals surface area contributed by atoms with Gasteiger partial charge in [-0.1, -0.05) is 0 Å². The van der Waals surface area contributed by atoms with Crippen LogP contribution in [0.15, 0.2) is 30.7 Å². The monoisotopic (exact) mass is 207 g/mol. The number of rotatable bonds is 1. The third kappa shape index (κ3) is 1.76. The average molecular weight is 207 g/mol. The number of benzene rings is 1. The van der Waals surface area contributed by atoms with Crippen molar-refractivity contribution in [2.45, 2.75) is 0 Å². The Balaban J connectivity index is 2.56. The summed E-state index contributed by atoms with van der Waals surface area (Å²) >= 11 is 0. The van der Waals surface area contributed by atoms with E-state index in [0.717, 1.165) is 12.1 Å². The van der Waals surface area contributed by atoms with Gasteiger partial charge < -0.3 is 5.73 Å². The van der Waals surface area contributed by atoms with Crippen LogP contribution in [0.3, 0.4) is 0 Å². The van der Waals surface area contributed by atoms with Gasteiger partial charge in [-0.2, -0.15) is 0 Å². The van der Waals surface area contributed by atoms with Crippen LogP contribution in [0.25, 0.3) is 11.3 Å². The summed E-state index contributed by atoms with van der Waals surface area (Å²) in [6, 6.07) is 2.25. The van der Waals surface area contributed by atoms with Crippen LogP contribution in [-0.2, 0) is 0 Å². The number of anilines is 1. The molecule has 0 atom stereocenters. The first kappa shape index (κ1) is 9.51. The fraction of sp³-hybridized carbons (Fsp3) is 0. The van der Waals surface area contributed by atoms with Gasteiger partial charge in [-0.3, -0.25) is 9.97 Å². The normalized spacial score (nSPS) is 10.3. The lowest BCUT2D eigenvalue weighted by Crippen LogP contribution is -1.96. The van der Waals surface area contributed by atoms with Gasteiger partial charge in [0.15, 0.2) is 0 Å². The minimum atomic E-state index is -0.796. The fourth-order valence-corrected chi connectivity index (χ4v) is 1.18. The van der Waals surface area contributed by atoms with Crippen molar-refractivity contribution < 1.29 is 8.78 Å². The Morgan fingerprint density at radius 2 is 1.73 bits per heavy atom. The Morgan fingerprint density at radius 3 is 2.27 bits per heavy atom. The highest BCUT2D eigenvalue weighted by Crippen LogP contribution is 2.23. The molecule has 1 heterocycles. The Labute approximate surface area is 84.6 Å². The van der Waals surface area contributed by atoms with Crippen LogP contribution in [0.5, 0.6) is 0 Å². The molecule has 1 aromatic heterocycles. The summed E-state index contributed by atoms with van der Waals surface area (Å²) in [4.78, 5) is 7.73. The van der Waals surface area contributed by atoms with Crippen molar-refractivity contribution in [3.63, 3.8) is 0 Å². The molecule has 0 unspecified atom stereocenters. The highest BCUT2D eigenvalue weighted by Gasteiger charge is 2.09. The summed E-state index contributed by atoms with van der Waals surface area (Å²) in [5.41, 5.74) is 5.37. The van der Waals surface area contributed by atoms with Gasteiger partial charge in [-0.15, -0.1) is 0 Å². The van der Waals surface area contributed by atoms with Crippen LogP contribution < -0.4 is 5.73 Å². The minimum absolute atomic E-state index is 0.312. The van der Waals surface area contributed by atoms with E-state index in [0.29, 0.717) is 11.3 Å². The SMILES string of the molecule is Nc1c(F)cc(-c2cnccn2)cc1F. The third-order valence-corrected chi connectivity index (χ3v) is 1.94. The lowest BCUT2D eigenvalue weighted by Gasteiger charge is -2.03. The molecule has 0 amide bonds. The number of aromatic nitrogens is 2. The zero-order valence-corrected chi connectivity index (χ0v) is 7.61. The third-order valence-electron chi connectivity index (χ3n) is 1.94. The molecule has 0 saturated carbocycles. The molecule has 15 heavy (non-hydrogen) atoms. The van der Waals surface area contributed by atoms with E-state index < -0.39 is 17.3 Å². The van der Waals surface area contributed by atoms with Gasteiger partial charge in [0.05, 0.1) is 11.9 Å². The first-order chi connectivity index (χ1) is 7.18. The molecule has 0 aliphatic carbocycles. The Kier molecular flexibility index (Phi) is 2.29. The lowest BCUT2D eigenvalue weighted by atomic mass is 10.1. The first-order valence-corrected chi connectivity index (χ1v) is 4.19. The number of halogens is 2. The topological polar surface area (TPSA) is 51.8 Å². The molecule has 3 nitrogen and oxygen atoms in total. The molecule has 2 rings (SSSR count). The van der Waals surface area contributed by atoms with E-state index >= 15 is 0 Å². The van der Waals surface area contributed by atoms with Gasteiger partial charge in [0, 0.05) is 18.0 Å². The van der Waals surface area contributed by atoms with Crippen molar-refractivity contribution >= 4 is 5.69 Å². The Hall–Kier alpha value is -2.04. The molecule has 0 fully saturated rings. The van der Waals surface area contributed by atoms with Crippen molar-refractivity contribution in [1.82, 2.24) is 9.97 Å². The molecule has 0 aliphatic heterocycles. The molecular weight excluding hydrogens is 200 g/mol. The van der Waals surface area contributed by atoms with E-state index in [2.05, 4.69) is 9.97 Å². The van der Waals surface area contributed by atoms with Crippen LogP contribution in [0.4, 0.5) is 14.5 Å². The molecule has 2 N–H and O–H groups in total. The molecule has 0 spiro atoms. The highest BCUT2D eigenvalue weighted by molar-refractivity contribution is 5.61. The average Bonchev–Trinajstić information content (AvgIpc) is 2.26. The summed E-state index contributed by atoms with van der Waals surface area (Å²) < 4.78 is 26.2. The molecule has 0 bridgehead atoms. The molecular formula is C10H7F2N3. The second-order valence-corrected chi connectivity index (χ2v) is 2.94. The van der Waals surface area contributed by atoms with Gasteiger partial charge in [0.2, 0.25) is 0 Å². The second kappa shape index (κ2) is 3.61. The minimum Gasteiger partial charge on any atom is -0.394 e. The number of nitrogens with zero attached hydrogens (tertiary/aromatic N) is 2. The van der Waals surface area contributed by atoms with Gasteiger partial charge in [-0.05, 0) is 12.1 Å². The van der Waals surface area contributed by atoms with Crippen molar-refractivity contribution in [2.24, 2.45) is 0 Å². The summed E-state index contributed by atoms with van der Waals surface area (Å²) in [5, 5.41) is 0. The molecule has 2 aromatic rings. The molecule has 0 radical (unpaired) electrons. The molecule has 5 heteroatoms. The zero-order valence-electron chi connectivity index (χ0n) is 7.61. The largest absolute Gasteiger partial charge is 0.394 e. The van der Waals surface area contributed by atoms with Gasteiger partial charge in [0.1, 0.15) is 17.3 Å². The maximum Gasteiger partial charge on any atom is 0.149 e. The predicted molar refractivity (Wildman–Crippen MR) is 51.8 cm³/mol. The Bertz CT molecular complexity index is 462. The Morgan fingerprint density at radius 1 is 1.07 bits per heavy atom. The van der Waals surface area contributed by atoms with E-state index in [9.17, 15) is 8.78 Å². The van der Waals surface area contributed by atoms with Gasteiger partial charge in [-0.25, -0.2) is 8.78 Å². The van der Waals surface area contributed by atoms with Crippen LogP contribution in [0, 0.1) is 11.6 Å². The van der Waals surface area contributed by atoms with E-state index in [1.165, 1.54) is 18.6 Å². The van der Waals surface area contributed by atoms with Crippen LogP contribution in [-0.4, -0.2) is 9.97 Å². The second-order valence-electron chi connectivity index (χ2n) is 2.94. The quantitative estimate of drug-likeness (QED) is 0.727. The van der Waals surface area contributed by atoms with Crippen molar-refractivity contribution in [3.05, 3.63) is 42.4 Å². The van der Waals surface area contributed by atoms with Gasteiger partial charge in [0.25, 0.3) is 0 Å². The maximum atomic E-state index is 13.1. The zero-order chi connectivity index (χ0) is 10.8. The van der Waals surface area contributed by atoms with E-state index in [1.807, 2.05) is 0 Å². The fourth-order valence-electron chi connectivity index (χ4n) is 1.18. The lowest BCUT2D eigenvalue weighted by molar-refractivity contribution is 0.592. The van der Waals surface area contributed by atoms with Crippen LogP contribution in [0.2, 0.25) is 0 Å². The van der Waals surface area contributed by atoms with Crippen molar-refractivity contribution in [2.75, 3.05) is 5.73 Å². The molecule has 1 aromatic carbocycles.